The Hall–Kier alpha value is -3.19. The molecule has 1 heterocycles. The second-order valence-corrected chi connectivity index (χ2v) is 10.9. The number of aromatic nitrogens is 1. The van der Waals surface area contributed by atoms with E-state index in [4.69, 9.17) is 4.98 Å². The summed E-state index contributed by atoms with van der Waals surface area (Å²) in [5.74, 6) is 0. The highest BCUT2D eigenvalue weighted by molar-refractivity contribution is 6.13. The fourth-order valence-corrected chi connectivity index (χ4v) is 6.52. The van der Waals surface area contributed by atoms with E-state index in [1.807, 2.05) is 6.20 Å². The van der Waals surface area contributed by atoms with Gasteiger partial charge in [-0.05, 0) is 86.0 Å². The molecule has 0 spiro atoms. The Bertz CT molecular complexity index is 1550. The zero-order valence-electron chi connectivity index (χ0n) is 19.6. The molecule has 0 saturated carbocycles. The average molecular weight is 416 g/mol. The van der Waals surface area contributed by atoms with Gasteiger partial charge in [-0.2, -0.15) is 0 Å². The van der Waals surface area contributed by atoms with Gasteiger partial charge in [-0.3, -0.25) is 4.98 Å². The van der Waals surface area contributed by atoms with Crippen molar-refractivity contribution in [2.45, 2.75) is 51.9 Å². The Balaban J connectivity index is 1.65. The van der Waals surface area contributed by atoms with Crippen molar-refractivity contribution in [3.05, 3.63) is 89.6 Å². The van der Waals surface area contributed by atoms with Crippen LogP contribution in [0, 0.1) is 6.92 Å². The van der Waals surface area contributed by atoms with Crippen LogP contribution < -0.4 is 0 Å². The lowest BCUT2D eigenvalue weighted by molar-refractivity contribution is 0.404. The zero-order valence-corrected chi connectivity index (χ0v) is 19.6. The van der Waals surface area contributed by atoms with Crippen LogP contribution in [0.1, 0.15) is 50.8 Å². The van der Waals surface area contributed by atoms with Crippen molar-refractivity contribution in [1.82, 2.24) is 4.98 Å². The van der Waals surface area contributed by atoms with Gasteiger partial charge >= 0.3 is 0 Å². The Kier molecular flexibility index (Phi) is 3.91. The number of benzene rings is 4. The third kappa shape index (κ3) is 2.67. The number of hydrogen-bond donors (Lipinski definition) is 0. The van der Waals surface area contributed by atoms with Gasteiger partial charge in [-0.15, -0.1) is 0 Å². The molecular weight excluding hydrogens is 386 g/mol. The molecule has 32 heavy (non-hydrogen) atoms. The number of fused-ring (bicyclic) bond motifs is 6. The quantitative estimate of drug-likeness (QED) is 0.250. The summed E-state index contributed by atoms with van der Waals surface area (Å²) in [6.45, 7) is 11.8. The molecule has 5 aromatic rings. The van der Waals surface area contributed by atoms with Crippen LogP contribution >= 0.6 is 0 Å². The van der Waals surface area contributed by atoms with E-state index in [9.17, 15) is 0 Å². The lowest BCUT2D eigenvalue weighted by Crippen LogP contribution is -2.18. The van der Waals surface area contributed by atoms with Gasteiger partial charge in [0.25, 0.3) is 0 Å². The first-order valence-electron chi connectivity index (χ1n) is 11.6. The number of aryl methyl sites for hydroxylation is 1. The smallest absolute Gasteiger partial charge is 0.0780 e. The molecule has 0 saturated heterocycles. The summed E-state index contributed by atoms with van der Waals surface area (Å²) < 4.78 is 0. The fraction of sp³-hybridized carbons (Fsp3) is 0.258. The van der Waals surface area contributed by atoms with Gasteiger partial charge in [0.1, 0.15) is 0 Å². The van der Waals surface area contributed by atoms with Crippen LogP contribution in [-0.2, 0) is 10.8 Å². The first-order chi connectivity index (χ1) is 15.3. The van der Waals surface area contributed by atoms with Crippen molar-refractivity contribution in [1.29, 1.82) is 0 Å². The molecule has 0 amide bonds. The van der Waals surface area contributed by atoms with E-state index < -0.39 is 0 Å². The van der Waals surface area contributed by atoms with Crippen molar-refractivity contribution in [3.63, 3.8) is 0 Å². The molecule has 4 aromatic carbocycles. The van der Waals surface area contributed by atoms with Gasteiger partial charge in [0.2, 0.25) is 0 Å². The SMILES string of the molecule is Cc1cc(-c2nccc3c2ccc2c4c(ccc23)C(C)(C)CC4(C)C)cc2ccccc12. The number of pyridine rings is 1. The molecule has 0 fully saturated rings. The second-order valence-electron chi connectivity index (χ2n) is 10.9. The van der Waals surface area contributed by atoms with Gasteiger partial charge in [0.15, 0.2) is 0 Å². The molecule has 1 aliphatic rings. The highest BCUT2D eigenvalue weighted by atomic mass is 14.7. The Morgan fingerprint density at radius 1 is 0.688 bits per heavy atom. The molecule has 158 valence electrons. The maximum Gasteiger partial charge on any atom is 0.0780 e. The van der Waals surface area contributed by atoms with Gasteiger partial charge in [-0.1, -0.05) is 76.2 Å². The Morgan fingerprint density at radius 3 is 2.25 bits per heavy atom. The molecule has 1 aromatic heterocycles. The van der Waals surface area contributed by atoms with Crippen LogP contribution in [0.5, 0.6) is 0 Å². The molecule has 0 bridgehead atoms. The third-order valence-corrected chi connectivity index (χ3v) is 7.57. The maximum absolute atomic E-state index is 4.86. The van der Waals surface area contributed by atoms with Crippen molar-refractivity contribution in [3.8, 4) is 11.3 Å². The number of rotatable bonds is 1. The van der Waals surface area contributed by atoms with Gasteiger partial charge in [0.05, 0.1) is 5.69 Å². The van der Waals surface area contributed by atoms with Crippen LogP contribution in [0.2, 0.25) is 0 Å². The van der Waals surface area contributed by atoms with Crippen molar-refractivity contribution in [2.75, 3.05) is 0 Å². The predicted molar refractivity (Wildman–Crippen MR) is 138 cm³/mol. The van der Waals surface area contributed by atoms with E-state index in [1.54, 1.807) is 0 Å². The minimum absolute atomic E-state index is 0.178. The topological polar surface area (TPSA) is 12.9 Å². The van der Waals surface area contributed by atoms with E-state index in [-0.39, 0.29) is 10.8 Å². The molecule has 0 atom stereocenters. The van der Waals surface area contributed by atoms with Crippen LogP contribution in [0.15, 0.2) is 72.9 Å². The third-order valence-electron chi connectivity index (χ3n) is 7.57. The summed E-state index contributed by atoms with van der Waals surface area (Å²) in [6.07, 6.45) is 3.16. The molecule has 0 N–H and O–H groups in total. The summed E-state index contributed by atoms with van der Waals surface area (Å²) in [6, 6.07) is 24.7. The Labute approximate surface area is 190 Å². The van der Waals surface area contributed by atoms with Gasteiger partial charge in [-0.25, -0.2) is 0 Å². The first kappa shape index (κ1) is 19.5. The largest absolute Gasteiger partial charge is 0.256 e. The normalized spacial score (nSPS) is 16.7. The molecular formula is C31H29N. The minimum atomic E-state index is 0.178. The standard InChI is InChI=1S/C31H29N/c1-19-16-21(17-20-8-6-7-9-22(19)20)29-26-11-10-25-23(24(26)14-15-32-29)12-13-27-28(25)31(4,5)18-30(27,2)3/h6-17H,18H2,1-5H3. The fourth-order valence-electron chi connectivity index (χ4n) is 6.52. The lowest BCUT2D eigenvalue weighted by atomic mass is 9.81. The summed E-state index contributed by atoms with van der Waals surface area (Å²) in [5.41, 5.74) is 6.98. The summed E-state index contributed by atoms with van der Waals surface area (Å²) in [5, 5.41) is 7.84. The number of hydrogen-bond acceptors (Lipinski definition) is 1. The maximum atomic E-state index is 4.86. The molecule has 6 rings (SSSR count). The molecule has 0 unspecified atom stereocenters. The van der Waals surface area contributed by atoms with Crippen molar-refractivity contribution in [2.24, 2.45) is 0 Å². The second kappa shape index (κ2) is 6.42. The monoisotopic (exact) mass is 415 g/mol. The predicted octanol–water partition coefficient (Wildman–Crippen LogP) is 8.48. The molecule has 1 heteroatoms. The minimum Gasteiger partial charge on any atom is -0.256 e. The van der Waals surface area contributed by atoms with Gasteiger partial charge < -0.3 is 0 Å². The van der Waals surface area contributed by atoms with E-state index in [2.05, 4.69) is 101 Å². The highest BCUT2D eigenvalue weighted by Crippen LogP contribution is 2.52. The zero-order chi connectivity index (χ0) is 22.3. The summed E-state index contributed by atoms with van der Waals surface area (Å²) in [7, 11) is 0. The van der Waals surface area contributed by atoms with Crippen LogP contribution in [0.4, 0.5) is 0 Å². The van der Waals surface area contributed by atoms with Crippen molar-refractivity contribution >= 4 is 32.3 Å². The molecule has 0 radical (unpaired) electrons. The number of nitrogens with zero attached hydrogens (tertiary/aromatic N) is 1. The molecule has 1 nitrogen and oxygen atoms in total. The molecule has 0 aliphatic heterocycles. The highest BCUT2D eigenvalue weighted by Gasteiger charge is 2.42. The lowest BCUT2D eigenvalue weighted by Gasteiger charge is -2.23. The van der Waals surface area contributed by atoms with Crippen LogP contribution in [0.3, 0.4) is 0 Å². The average Bonchev–Trinajstić information content (AvgIpc) is 2.96. The first-order valence-corrected chi connectivity index (χ1v) is 11.6. The van der Waals surface area contributed by atoms with Gasteiger partial charge in [0, 0.05) is 17.1 Å². The summed E-state index contributed by atoms with van der Waals surface area (Å²) >= 11 is 0. The van der Waals surface area contributed by atoms with Crippen LogP contribution in [-0.4, -0.2) is 4.98 Å². The van der Waals surface area contributed by atoms with Crippen LogP contribution in [0.25, 0.3) is 43.6 Å². The van der Waals surface area contributed by atoms with E-state index in [0.29, 0.717) is 0 Å². The van der Waals surface area contributed by atoms with E-state index in [1.165, 1.54) is 61.0 Å². The van der Waals surface area contributed by atoms with E-state index >= 15 is 0 Å². The molecule has 1 aliphatic carbocycles. The summed E-state index contributed by atoms with van der Waals surface area (Å²) in [4.78, 5) is 4.86. The van der Waals surface area contributed by atoms with Crippen molar-refractivity contribution < 1.29 is 0 Å². The van der Waals surface area contributed by atoms with E-state index in [0.717, 1.165) is 5.69 Å². The Morgan fingerprint density at radius 2 is 1.41 bits per heavy atom.